The largest absolute Gasteiger partial charge is 0.573 e. The van der Waals surface area contributed by atoms with Crippen LogP contribution in [0, 0.1) is 22.9 Å². The number of halogens is 6. The van der Waals surface area contributed by atoms with Gasteiger partial charge in [-0.25, -0.2) is 0 Å². The highest BCUT2D eigenvalue weighted by atomic mass is 19.4. The van der Waals surface area contributed by atoms with E-state index in [9.17, 15) is 36.9 Å². The fourth-order valence-electron chi connectivity index (χ4n) is 6.12. The third kappa shape index (κ3) is 5.50. The monoisotopic (exact) mass is 650 g/mol. The van der Waals surface area contributed by atoms with Crippen molar-refractivity contribution >= 4 is 43.1 Å². The lowest BCUT2D eigenvalue weighted by molar-refractivity contribution is -0.275. The number of nitrogens with zero attached hydrogens (tertiary/aromatic N) is 4. The lowest BCUT2D eigenvalue weighted by atomic mass is 10.0. The van der Waals surface area contributed by atoms with E-state index < -0.39 is 12.7 Å². The summed E-state index contributed by atoms with van der Waals surface area (Å²) in [5, 5.41) is 25.2. The molecule has 0 bridgehead atoms. The standard InChI is InChI=1S/C36H16F6N4O2/c37-35(38,39)47-23-5-1-3-19(11-23)21-7-9-25-27-15-32-28(16-31(27)33(45-17-43)29(25)13-21)26-10-8-22(14-30(26)34(32)46-18-44)20-4-2-6-24(12-20)48-36(40,41)42/h1-16H. The molecule has 0 heterocycles. The molecular formula is C36H16F6N4O2. The minimum Gasteiger partial charge on any atom is -0.406 e. The number of rotatable bonds is 4. The fraction of sp³-hybridized carbons (Fsp3) is 0.0556. The third-order valence-electron chi connectivity index (χ3n) is 7.92. The maximum absolute atomic E-state index is 12.8. The van der Waals surface area contributed by atoms with Crippen LogP contribution in [-0.4, -0.2) is 12.7 Å². The van der Waals surface area contributed by atoms with Gasteiger partial charge in [0.05, 0.1) is 10.7 Å². The quantitative estimate of drug-likeness (QED) is 0.140. The Bertz CT molecular complexity index is 2450. The van der Waals surface area contributed by atoms with Gasteiger partial charge in [-0.3, -0.25) is 0 Å². The van der Waals surface area contributed by atoms with Crippen LogP contribution >= 0.6 is 0 Å². The van der Waals surface area contributed by atoms with E-state index in [1.165, 1.54) is 36.4 Å². The Balaban J connectivity index is 1.43. The minimum atomic E-state index is -4.85. The van der Waals surface area contributed by atoms with Crippen LogP contribution in [0.1, 0.15) is 0 Å². The average Bonchev–Trinajstić information content (AvgIpc) is 3.50. The molecule has 48 heavy (non-hydrogen) atoms. The summed E-state index contributed by atoms with van der Waals surface area (Å²) in [6.45, 7) is 0. The Labute approximate surface area is 266 Å². The molecule has 0 aromatic heterocycles. The van der Waals surface area contributed by atoms with E-state index in [2.05, 4.69) is 19.5 Å². The summed E-state index contributed by atoms with van der Waals surface area (Å²) >= 11 is 0. The van der Waals surface area contributed by atoms with Gasteiger partial charge in [0.25, 0.3) is 0 Å². The number of hydrogen-bond acceptors (Lipinski definition) is 6. The molecule has 0 amide bonds. The maximum atomic E-state index is 12.8. The molecule has 0 radical (unpaired) electrons. The van der Waals surface area contributed by atoms with Gasteiger partial charge in [-0.1, -0.05) is 48.5 Å². The summed E-state index contributed by atoms with van der Waals surface area (Å²) in [4.78, 5) is 8.21. The first-order valence-electron chi connectivity index (χ1n) is 14.1. The zero-order valence-electron chi connectivity index (χ0n) is 24.1. The number of fused-ring (bicyclic) bond motifs is 6. The van der Waals surface area contributed by atoms with Crippen LogP contribution in [0.2, 0.25) is 0 Å². The van der Waals surface area contributed by atoms with Crippen molar-refractivity contribution in [1.29, 1.82) is 10.5 Å². The second kappa shape index (κ2) is 11.1. The Morgan fingerprint density at radius 1 is 0.438 bits per heavy atom. The van der Waals surface area contributed by atoms with Gasteiger partial charge in [0.2, 0.25) is 12.4 Å². The van der Waals surface area contributed by atoms with Crippen molar-refractivity contribution in [3.63, 3.8) is 0 Å². The molecule has 0 saturated heterocycles. The van der Waals surface area contributed by atoms with Crippen LogP contribution in [0.15, 0.2) is 107 Å². The summed E-state index contributed by atoms with van der Waals surface area (Å²) < 4.78 is 85.2. The summed E-state index contributed by atoms with van der Waals surface area (Å²) in [5.74, 6) is -0.751. The average molecular weight is 651 g/mol. The maximum Gasteiger partial charge on any atom is 0.573 e. The molecule has 0 unspecified atom stereocenters. The van der Waals surface area contributed by atoms with Crippen molar-refractivity contribution in [3.8, 4) is 46.1 Å². The minimum absolute atomic E-state index is 0.361. The molecule has 0 aliphatic rings. The number of alkyl halides is 6. The first-order valence-corrected chi connectivity index (χ1v) is 14.1. The van der Waals surface area contributed by atoms with E-state index in [-0.39, 0.29) is 11.5 Å². The predicted molar refractivity (Wildman–Crippen MR) is 165 cm³/mol. The highest BCUT2D eigenvalue weighted by Crippen LogP contribution is 2.37. The summed E-state index contributed by atoms with van der Waals surface area (Å²) in [7, 11) is 0. The van der Waals surface area contributed by atoms with Gasteiger partial charge < -0.3 is 9.47 Å². The Morgan fingerprint density at radius 3 is 1.19 bits per heavy atom. The number of nitriles is 2. The molecule has 0 aliphatic heterocycles. The molecule has 7 rings (SSSR count). The Morgan fingerprint density at radius 2 is 0.812 bits per heavy atom. The van der Waals surface area contributed by atoms with Gasteiger partial charge in [0.1, 0.15) is 11.5 Å². The van der Waals surface area contributed by atoms with Gasteiger partial charge in [-0.15, -0.1) is 26.3 Å². The number of benzene rings is 5. The van der Waals surface area contributed by atoms with E-state index in [1.807, 2.05) is 24.5 Å². The first kappa shape index (κ1) is 30.3. The Kier molecular flexibility index (Phi) is 7.02. The van der Waals surface area contributed by atoms with Gasteiger partial charge >= 0.3 is 12.7 Å². The molecule has 0 fully saturated rings. The second-order valence-corrected chi connectivity index (χ2v) is 10.7. The van der Waals surface area contributed by atoms with Crippen molar-refractivity contribution in [1.82, 2.24) is 0 Å². The SMILES string of the molecule is N#CN=c1c2cc(-c3cccc(OC(F)(F)F)c3)ccc2c2cc3c(=NC#N)c4cc(-c5cccc(OC(F)(F)F)c5)ccc4c3cc12. The molecule has 0 N–H and O–H groups in total. The number of hydrogen-bond donors (Lipinski definition) is 0. The van der Waals surface area contributed by atoms with Crippen LogP contribution < -0.4 is 20.2 Å². The van der Waals surface area contributed by atoms with Crippen molar-refractivity contribution in [3.05, 3.63) is 108 Å². The van der Waals surface area contributed by atoms with E-state index >= 15 is 0 Å². The zero-order chi connectivity index (χ0) is 33.8. The third-order valence-corrected chi connectivity index (χ3v) is 7.92. The van der Waals surface area contributed by atoms with E-state index in [4.69, 9.17) is 0 Å². The smallest absolute Gasteiger partial charge is 0.406 e. The van der Waals surface area contributed by atoms with Gasteiger partial charge in [-0.2, -0.15) is 20.5 Å². The molecular weight excluding hydrogens is 634 g/mol. The molecule has 0 atom stereocenters. The van der Waals surface area contributed by atoms with Gasteiger partial charge in [0.15, 0.2) is 0 Å². The summed E-state index contributed by atoms with van der Waals surface area (Å²) in [5.41, 5.74) is 2.05. The van der Waals surface area contributed by atoms with Gasteiger partial charge in [-0.05, 0) is 92.3 Å². The Hall–Kier alpha value is -6.40. The van der Waals surface area contributed by atoms with Crippen LogP contribution in [-0.2, 0) is 0 Å². The summed E-state index contributed by atoms with van der Waals surface area (Å²) in [6.07, 6.45) is -6.02. The van der Waals surface area contributed by atoms with Crippen LogP contribution in [0.4, 0.5) is 26.3 Å². The lowest BCUT2D eigenvalue weighted by Crippen LogP contribution is -2.17. The second-order valence-electron chi connectivity index (χ2n) is 10.7. The van der Waals surface area contributed by atoms with E-state index in [0.717, 1.165) is 0 Å². The van der Waals surface area contributed by atoms with Crippen LogP contribution in [0.5, 0.6) is 11.5 Å². The molecule has 7 aromatic rings. The highest BCUT2D eigenvalue weighted by molar-refractivity contribution is 6.21. The normalized spacial score (nSPS) is 13.0. The van der Waals surface area contributed by atoms with E-state index in [1.54, 1.807) is 48.5 Å². The van der Waals surface area contributed by atoms with E-state index in [0.29, 0.717) is 76.1 Å². The molecule has 7 aromatic carbocycles. The lowest BCUT2D eigenvalue weighted by Gasteiger charge is -2.10. The first-order chi connectivity index (χ1) is 22.9. The molecule has 0 saturated carbocycles. The molecule has 6 nitrogen and oxygen atoms in total. The van der Waals surface area contributed by atoms with Crippen molar-refractivity contribution in [2.24, 2.45) is 9.98 Å². The fourth-order valence-corrected chi connectivity index (χ4v) is 6.12. The molecule has 234 valence electrons. The topological polar surface area (TPSA) is 90.8 Å². The number of ether oxygens (including phenoxy) is 2. The van der Waals surface area contributed by atoms with Crippen molar-refractivity contribution in [2.45, 2.75) is 12.7 Å². The zero-order valence-corrected chi connectivity index (χ0v) is 24.1. The highest BCUT2D eigenvalue weighted by Gasteiger charge is 2.32. The molecule has 12 heteroatoms. The van der Waals surface area contributed by atoms with Crippen LogP contribution in [0.25, 0.3) is 65.3 Å². The van der Waals surface area contributed by atoms with Crippen molar-refractivity contribution < 1.29 is 35.8 Å². The molecule has 0 aliphatic carbocycles. The van der Waals surface area contributed by atoms with Gasteiger partial charge in [0, 0.05) is 21.5 Å². The van der Waals surface area contributed by atoms with Crippen LogP contribution in [0.3, 0.4) is 0 Å². The molecule has 0 spiro atoms. The van der Waals surface area contributed by atoms with Crippen molar-refractivity contribution in [2.75, 3.05) is 0 Å². The predicted octanol–water partition coefficient (Wildman–Crippen LogP) is 9.07. The summed E-state index contributed by atoms with van der Waals surface area (Å²) in [6, 6.07) is 25.3.